The second-order valence-corrected chi connectivity index (χ2v) is 13.9. The zero-order chi connectivity index (χ0) is 46.7. The van der Waals surface area contributed by atoms with E-state index in [1.807, 2.05) is 6.92 Å². The van der Waals surface area contributed by atoms with Gasteiger partial charge in [-0.1, -0.05) is 52.4 Å². The molecule has 2 aliphatic carbocycles. The van der Waals surface area contributed by atoms with Crippen molar-refractivity contribution in [2.75, 3.05) is 80.3 Å². The van der Waals surface area contributed by atoms with Crippen molar-refractivity contribution in [3.05, 3.63) is 0 Å². The molecule has 2 saturated carbocycles. The van der Waals surface area contributed by atoms with Crippen molar-refractivity contribution in [3.8, 4) is 0 Å². The Balaban J connectivity index is -0.000000325. The average Bonchev–Trinajstić information content (AvgIpc) is 3.91. The van der Waals surface area contributed by atoms with Crippen LogP contribution >= 0.6 is 0 Å². The molecule has 0 unspecified atom stereocenters. The third kappa shape index (κ3) is 48.4. The number of halogens is 6. The van der Waals surface area contributed by atoms with E-state index in [4.69, 9.17) is 24.8 Å². The zero-order valence-corrected chi connectivity index (χ0v) is 37.2. The molecule has 2 rings (SSSR count). The number of rotatable bonds is 24. The highest BCUT2D eigenvalue weighted by Gasteiger charge is 2.35. The van der Waals surface area contributed by atoms with E-state index < -0.39 is 35.7 Å². The van der Waals surface area contributed by atoms with Gasteiger partial charge in [-0.05, 0) is 51.4 Å². The first kappa shape index (κ1) is 64.3. The van der Waals surface area contributed by atoms with Crippen LogP contribution in [0.2, 0.25) is 0 Å². The first-order chi connectivity index (χ1) is 28.2. The highest BCUT2D eigenvalue weighted by atomic mass is 19.3. The summed E-state index contributed by atoms with van der Waals surface area (Å²) < 4.78 is 106. The summed E-state index contributed by atoms with van der Waals surface area (Å²) in [5.74, 6) is -14.5. The predicted molar refractivity (Wildman–Crippen MR) is 214 cm³/mol. The SMILES string of the molecule is CC(F)(F)C(=O)OCCCOC1CCCC1.CCCCO.CCCCOC(=O)C(C)(F)F.COCCCO.COCCCOC(=O)C(C)(F)F.OCCCOC1CCCC1. The van der Waals surface area contributed by atoms with Crippen LogP contribution in [0.1, 0.15) is 137 Å². The van der Waals surface area contributed by atoms with Crippen LogP contribution in [0.25, 0.3) is 0 Å². The molecule has 2 fully saturated rings. The number of methoxy groups -OCH3 is 2. The quantitative estimate of drug-likeness (QED) is 0.0370. The van der Waals surface area contributed by atoms with Gasteiger partial charge in [-0.15, -0.1) is 0 Å². The van der Waals surface area contributed by atoms with Gasteiger partial charge in [-0.25, -0.2) is 14.4 Å². The fourth-order valence-electron chi connectivity index (χ4n) is 4.32. The van der Waals surface area contributed by atoms with Gasteiger partial charge in [-0.3, -0.25) is 0 Å². The summed E-state index contributed by atoms with van der Waals surface area (Å²) in [6, 6.07) is 0. The Hall–Kier alpha value is -2.29. The Labute approximate surface area is 354 Å². The third-order valence-corrected chi connectivity index (χ3v) is 7.69. The molecule has 0 spiro atoms. The van der Waals surface area contributed by atoms with E-state index in [-0.39, 0.29) is 33.0 Å². The van der Waals surface area contributed by atoms with Crippen molar-refractivity contribution >= 4 is 17.9 Å². The number of aliphatic hydroxyl groups is 3. The fourth-order valence-corrected chi connectivity index (χ4v) is 4.32. The van der Waals surface area contributed by atoms with E-state index >= 15 is 0 Å². The van der Waals surface area contributed by atoms with E-state index in [2.05, 4.69) is 30.6 Å². The lowest BCUT2D eigenvalue weighted by atomic mass is 10.3. The molecule has 0 aromatic rings. The van der Waals surface area contributed by atoms with E-state index in [9.17, 15) is 40.7 Å². The standard InChI is InChI=1S/C11H18F2O3.C8H16O2.C7H12F2O3.C7H12F2O2.C4H10O2.C4H10O/c1-11(12,13)10(14)16-8-4-7-15-9-5-2-3-6-9;9-6-3-7-10-8-4-1-2-5-8;1-7(8,9)6(10)12-5-3-4-11-2;1-3-4-5-11-6(10)7(2,8)9;1-6-4-2-3-5;1-2-3-4-5/h9H,2-8H2,1H3;8-9H,1-7H2;3-5H2,1-2H3;3-5H2,1-2H3;5H,2-4H2,1H3;5H,2-4H2,1H3. The van der Waals surface area contributed by atoms with Crippen LogP contribution < -0.4 is 0 Å². The second-order valence-electron chi connectivity index (χ2n) is 13.9. The summed E-state index contributed by atoms with van der Waals surface area (Å²) in [4.78, 5) is 31.5. The van der Waals surface area contributed by atoms with Crippen molar-refractivity contribution in [2.24, 2.45) is 0 Å². The predicted octanol–water partition coefficient (Wildman–Crippen LogP) is 7.86. The molecule has 0 aromatic heterocycles. The molecule has 362 valence electrons. The van der Waals surface area contributed by atoms with Crippen molar-refractivity contribution in [1.82, 2.24) is 0 Å². The molecule has 0 aromatic carbocycles. The van der Waals surface area contributed by atoms with E-state index in [0.717, 1.165) is 51.6 Å². The van der Waals surface area contributed by atoms with Crippen LogP contribution in [0.5, 0.6) is 0 Å². The van der Waals surface area contributed by atoms with Gasteiger partial charge in [0, 0.05) is 87.5 Å². The number of esters is 3. The molecule has 0 atom stereocenters. The van der Waals surface area contributed by atoms with Gasteiger partial charge in [0.1, 0.15) is 0 Å². The van der Waals surface area contributed by atoms with E-state index in [1.54, 1.807) is 7.11 Å². The minimum Gasteiger partial charge on any atom is -0.461 e. The van der Waals surface area contributed by atoms with Crippen LogP contribution in [0.4, 0.5) is 26.3 Å². The summed E-state index contributed by atoms with van der Waals surface area (Å²) in [5, 5.41) is 24.6. The maximum Gasteiger partial charge on any atom is 0.376 e. The van der Waals surface area contributed by atoms with Gasteiger partial charge in [0.15, 0.2) is 0 Å². The lowest BCUT2D eigenvalue weighted by Crippen LogP contribution is -2.27. The Kier molecular flexibility index (Phi) is 46.5. The monoisotopic (exact) mass is 893 g/mol. The number of aliphatic hydroxyl groups excluding tert-OH is 3. The molecular weight excluding hydrogens is 814 g/mol. The Bertz CT molecular complexity index is 947. The lowest BCUT2D eigenvalue weighted by Gasteiger charge is -2.12. The van der Waals surface area contributed by atoms with Crippen LogP contribution in [0.3, 0.4) is 0 Å². The van der Waals surface area contributed by atoms with Gasteiger partial charge >= 0.3 is 35.7 Å². The smallest absolute Gasteiger partial charge is 0.376 e. The molecule has 0 heterocycles. The molecule has 0 bridgehead atoms. The Morgan fingerprint density at radius 3 is 1.02 bits per heavy atom. The first-order valence-electron chi connectivity index (χ1n) is 20.9. The topological polar surface area (TPSA) is 177 Å². The van der Waals surface area contributed by atoms with E-state index in [0.29, 0.717) is 78.7 Å². The van der Waals surface area contributed by atoms with Crippen LogP contribution in [0, 0.1) is 0 Å². The molecule has 2 aliphatic rings. The second kappa shape index (κ2) is 43.4. The molecule has 13 nitrogen and oxygen atoms in total. The minimum atomic E-state index is -3.40. The van der Waals surface area contributed by atoms with Crippen molar-refractivity contribution < 1.29 is 89.2 Å². The summed E-state index contributed by atoms with van der Waals surface area (Å²) in [6.07, 6.45) is 16.4. The van der Waals surface area contributed by atoms with Gasteiger partial charge in [0.2, 0.25) is 0 Å². The molecule has 3 N–H and O–H groups in total. The number of carbonyl (C=O) groups is 3. The minimum absolute atomic E-state index is 0.00498. The average molecular weight is 893 g/mol. The summed E-state index contributed by atoms with van der Waals surface area (Å²) >= 11 is 0. The van der Waals surface area contributed by atoms with Gasteiger partial charge in [0.05, 0.1) is 38.6 Å². The van der Waals surface area contributed by atoms with Gasteiger partial charge in [-0.2, -0.15) is 26.3 Å². The zero-order valence-electron chi connectivity index (χ0n) is 37.2. The molecule has 0 radical (unpaired) electrons. The highest BCUT2D eigenvalue weighted by Crippen LogP contribution is 2.22. The van der Waals surface area contributed by atoms with Crippen LogP contribution in [-0.2, 0) is 47.5 Å². The highest BCUT2D eigenvalue weighted by molar-refractivity contribution is 5.77. The lowest BCUT2D eigenvalue weighted by molar-refractivity contribution is -0.170. The maximum atomic E-state index is 12.4. The normalized spacial score (nSPS) is 14.0. The number of alkyl halides is 6. The number of unbranched alkanes of at least 4 members (excludes halogenated alkanes) is 2. The molecule has 60 heavy (non-hydrogen) atoms. The van der Waals surface area contributed by atoms with Gasteiger partial charge < -0.3 is 48.5 Å². The molecular formula is C41H78F6O13. The summed E-state index contributed by atoms with van der Waals surface area (Å²) in [7, 11) is 3.10. The summed E-state index contributed by atoms with van der Waals surface area (Å²) in [6.45, 7) is 8.64. The molecule has 0 saturated heterocycles. The number of hydrogen-bond acceptors (Lipinski definition) is 13. The Morgan fingerprint density at radius 1 is 0.467 bits per heavy atom. The largest absolute Gasteiger partial charge is 0.461 e. The van der Waals surface area contributed by atoms with Crippen molar-refractivity contribution in [1.29, 1.82) is 0 Å². The van der Waals surface area contributed by atoms with Crippen molar-refractivity contribution in [3.63, 3.8) is 0 Å². The molecule has 19 heteroatoms. The number of ether oxygens (including phenoxy) is 7. The maximum absolute atomic E-state index is 12.4. The fraction of sp³-hybridized carbons (Fsp3) is 0.927. The van der Waals surface area contributed by atoms with Crippen LogP contribution in [0.15, 0.2) is 0 Å². The van der Waals surface area contributed by atoms with Crippen LogP contribution in [-0.4, -0.2) is 143 Å². The van der Waals surface area contributed by atoms with Crippen molar-refractivity contribution in [2.45, 2.75) is 167 Å². The number of carbonyl (C=O) groups excluding carboxylic acids is 3. The third-order valence-electron chi connectivity index (χ3n) is 7.69. The Morgan fingerprint density at radius 2 is 0.750 bits per heavy atom. The van der Waals surface area contributed by atoms with E-state index in [1.165, 1.54) is 45.6 Å². The number of hydrogen-bond donors (Lipinski definition) is 3. The first-order valence-corrected chi connectivity index (χ1v) is 20.9. The molecule has 0 aliphatic heterocycles. The van der Waals surface area contributed by atoms with Gasteiger partial charge in [0.25, 0.3) is 0 Å². The molecule has 0 amide bonds. The summed E-state index contributed by atoms with van der Waals surface area (Å²) in [5.41, 5.74) is 0.